The number of Topliss-reactive ketones (excluding diaryl/α,β-unsaturated/α-hetero) is 1. The molecule has 1 aromatic heterocycles. The van der Waals surface area contributed by atoms with Crippen LogP contribution < -0.4 is 5.73 Å². The fourth-order valence-corrected chi connectivity index (χ4v) is 3.81. The molecule has 0 aliphatic heterocycles. The summed E-state index contributed by atoms with van der Waals surface area (Å²) in [7, 11) is 0. The van der Waals surface area contributed by atoms with Crippen LogP contribution in [-0.4, -0.2) is 10.8 Å². The van der Waals surface area contributed by atoms with Crippen molar-refractivity contribution in [3.63, 3.8) is 0 Å². The van der Waals surface area contributed by atoms with Crippen LogP contribution in [-0.2, 0) is 6.42 Å². The first-order valence-electron chi connectivity index (χ1n) is 5.47. The minimum atomic E-state index is 0.241. The zero-order valence-electron chi connectivity index (χ0n) is 8.58. The van der Waals surface area contributed by atoms with Gasteiger partial charge in [0.05, 0.1) is 10.6 Å². The Kier molecular flexibility index (Phi) is 1.89. The monoisotopic (exact) mass is 222 g/mol. The van der Waals surface area contributed by atoms with E-state index in [4.69, 9.17) is 5.73 Å². The summed E-state index contributed by atoms with van der Waals surface area (Å²) in [5.41, 5.74) is 6.87. The number of carbonyl (C=O) groups excluding carboxylic acids is 1. The van der Waals surface area contributed by atoms with Crippen molar-refractivity contribution in [2.75, 3.05) is 5.73 Å². The van der Waals surface area contributed by atoms with Gasteiger partial charge in [-0.25, -0.2) is 4.98 Å². The summed E-state index contributed by atoms with van der Waals surface area (Å²) in [6.07, 6.45) is 6.61. The number of fused-ring (bicyclic) bond motifs is 1. The summed E-state index contributed by atoms with van der Waals surface area (Å²) < 4.78 is 0. The minimum Gasteiger partial charge on any atom is -0.375 e. The van der Waals surface area contributed by atoms with Gasteiger partial charge in [0.2, 0.25) is 0 Å². The summed E-state index contributed by atoms with van der Waals surface area (Å²) in [6.45, 7) is 0. The van der Waals surface area contributed by atoms with Crippen molar-refractivity contribution in [3.05, 3.63) is 10.6 Å². The second-order valence-electron chi connectivity index (χ2n) is 4.81. The maximum atomic E-state index is 12.0. The number of nitrogen functional groups attached to an aromatic ring is 1. The lowest BCUT2D eigenvalue weighted by Crippen LogP contribution is -2.29. The highest BCUT2D eigenvalue weighted by Crippen LogP contribution is 2.48. The smallest absolute Gasteiger partial charge is 0.180 e. The van der Waals surface area contributed by atoms with Crippen LogP contribution in [0.5, 0.6) is 0 Å². The number of hydrogen-bond acceptors (Lipinski definition) is 4. The normalized spacial score (nSPS) is 23.3. The van der Waals surface area contributed by atoms with Crippen LogP contribution in [0.2, 0.25) is 0 Å². The average molecular weight is 222 g/mol. The maximum absolute atomic E-state index is 12.0. The number of ketones is 1. The first-order valence-corrected chi connectivity index (χ1v) is 6.29. The Morgan fingerprint density at radius 2 is 2.00 bits per heavy atom. The van der Waals surface area contributed by atoms with Crippen molar-refractivity contribution in [2.45, 2.75) is 38.5 Å². The van der Waals surface area contributed by atoms with Crippen LogP contribution >= 0.6 is 11.3 Å². The predicted octanol–water partition coefficient (Wildman–Crippen LogP) is 2.41. The van der Waals surface area contributed by atoms with Gasteiger partial charge < -0.3 is 5.73 Å². The maximum Gasteiger partial charge on any atom is 0.180 e. The molecule has 15 heavy (non-hydrogen) atoms. The second-order valence-corrected chi connectivity index (χ2v) is 5.84. The molecule has 0 unspecified atom stereocenters. The molecular weight excluding hydrogens is 208 g/mol. The van der Waals surface area contributed by atoms with E-state index in [1.54, 1.807) is 0 Å². The third-order valence-corrected chi connectivity index (χ3v) is 4.68. The molecule has 80 valence electrons. The number of thiazole rings is 1. The highest BCUT2D eigenvalue weighted by Gasteiger charge is 2.42. The van der Waals surface area contributed by atoms with Gasteiger partial charge in [-0.15, -0.1) is 0 Å². The lowest BCUT2D eigenvalue weighted by molar-refractivity contribution is 0.0891. The largest absolute Gasteiger partial charge is 0.375 e. The molecule has 4 heteroatoms. The van der Waals surface area contributed by atoms with Gasteiger partial charge in [-0.1, -0.05) is 24.2 Å². The van der Waals surface area contributed by atoms with Crippen LogP contribution in [0.3, 0.4) is 0 Å². The molecular formula is C11H14N2OS. The van der Waals surface area contributed by atoms with E-state index in [0.29, 0.717) is 5.13 Å². The summed E-state index contributed by atoms with van der Waals surface area (Å²) in [6, 6.07) is 0. The molecule has 0 atom stereocenters. The zero-order valence-corrected chi connectivity index (χ0v) is 9.40. The van der Waals surface area contributed by atoms with Crippen molar-refractivity contribution in [3.8, 4) is 0 Å². The fourth-order valence-electron chi connectivity index (χ4n) is 3.02. The first kappa shape index (κ1) is 9.33. The topological polar surface area (TPSA) is 56.0 Å². The molecule has 1 heterocycles. The van der Waals surface area contributed by atoms with Gasteiger partial charge in [0.1, 0.15) is 0 Å². The highest BCUT2D eigenvalue weighted by molar-refractivity contribution is 7.17. The van der Waals surface area contributed by atoms with E-state index in [2.05, 4.69) is 4.98 Å². The Morgan fingerprint density at radius 1 is 1.27 bits per heavy atom. The number of anilines is 1. The summed E-state index contributed by atoms with van der Waals surface area (Å²) >= 11 is 1.36. The van der Waals surface area contributed by atoms with E-state index in [9.17, 15) is 4.79 Å². The van der Waals surface area contributed by atoms with Crippen LogP contribution in [0, 0.1) is 5.41 Å². The van der Waals surface area contributed by atoms with Crippen LogP contribution in [0.25, 0.3) is 0 Å². The third-order valence-electron chi connectivity index (χ3n) is 3.71. The standard InChI is InChI=1S/C11H14N2OS/c12-10-13-7-5-11(3-1-2-4-11)6-8(14)9(7)15-10/h1-6H2,(H2,12,13). The van der Waals surface area contributed by atoms with Crippen molar-refractivity contribution < 1.29 is 4.79 Å². The van der Waals surface area contributed by atoms with E-state index in [0.717, 1.165) is 23.4 Å². The summed E-state index contributed by atoms with van der Waals surface area (Å²) in [5, 5.41) is 0.545. The fraction of sp³-hybridized carbons (Fsp3) is 0.636. The Labute approximate surface area is 92.7 Å². The van der Waals surface area contributed by atoms with Gasteiger partial charge in [0.25, 0.3) is 0 Å². The van der Waals surface area contributed by atoms with Gasteiger partial charge >= 0.3 is 0 Å². The average Bonchev–Trinajstić information content (AvgIpc) is 2.73. The number of rotatable bonds is 0. The second kappa shape index (κ2) is 3.04. The summed E-state index contributed by atoms with van der Waals surface area (Å²) in [4.78, 5) is 17.1. The Balaban J connectivity index is 2.01. The van der Waals surface area contributed by atoms with Crippen LogP contribution in [0.1, 0.15) is 47.5 Å². The molecule has 1 saturated carbocycles. The molecule has 0 saturated heterocycles. The van der Waals surface area contributed by atoms with Crippen molar-refractivity contribution in [1.29, 1.82) is 0 Å². The van der Waals surface area contributed by atoms with Crippen molar-refractivity contribution >= 4 is 22.3 Å². The number of nitrogens with two attached hydrogens (primary N) is 1. The molecule has 1 spiro atoms. The van der Waals surface area contributed by atoms with Gasteiger partial charge in [-0.2, -0.15) is 0 Å². The SMILES string of the molecule is Nc1nc2c(s1)C(=O)CC1(CCCC1)C2. The molecule has 0 radical (unpaired) electrons. The number of aromatic nitrogens is 1. The molecule has 3 rings (SSSR count). The number of hydrogen-bond donors (Lipinski definition) is 1. The molecule has 0 aromatic carbocycles. The molecule has 3 nitrogen and oxygen atoms in total. The molecule has 0 amide bonds. The quantitative estimate of drug-likeness (QED) is 0.733. The van der Waals surface area contributed by atoms with E-state index in [-0.39, 0.29) is 11.2 Å². The molecule has 2 aliphatic carbocycles. The Hall–Kier alpha value is -0.900. The minimum absolute atomic E-state index is 0.241. The Morgan fingerprint density at radius 3 is 2.73 bits per heavy atom. The first-order chi connectivity index (χ1) is 7.19. The van der Waals surface area contributed by atoms with Crippen molar-refractivity contribution in [1.82, 2.24) is 4.98 Å². The molecule has 1 aromatic rings. The van der Waals surface area contributed by atoms with Gasteiger partial charge in [-0.3, -0.25) is 4.79 Å². The lowest BCUT2D eigenvalue weighted by Gasteiger charge is -2.31. The predicted molar refractivity (Wildman–Crippen MR) is 60.1 cm³/mol. The van der Waals surface area contributed by atoms with Crippen LogP contribution in [0.4, 0.5) is 5.13 Å². The highest BCUT2D eigenvalue weighted by atomic mass is 32.1. The van der Waals surface area contributed by atoms with Gasteiger partial charge in [0.15, 0.2) is 10.9 Å². The van der Waals surface area contributed by atoms with Crippen molar-refractivity contribution in [2.24, 2.45) is 5.41 Å². The molecule has 2 N–H and O–H groups in total. The molecule has 0 bridgehead atoms. The summed E-state index contributed by atoms with van der Waals surface area (Å²) in [5.74, 6) is 0.271. The Bertz CT molecular complexity index is 418. The van der Waals surface area contributed by atoms with E-state index >= 15 is 0 Å². The van der Waals surface area contributed by atoms with Crippen LogP contribution in [0.15, 0.2) is 0 Å². The number of nitrogens with zero attached hydrogens (tertiary/aromatic N) is 1. The van der Waals surface area contributed by atoms with E-state index in [1.165, 1.54) is 37.0 Å². The van der Waals surface area contributed by atoms with E-state index < -0.39 is 0 Å². The van der Waals surface area contributed by atoms with E-state index in [1.807, 2.05) is 0 Å². The zero-order chi connectivity index (χ0) is 10.5. The third kappa shape index (κ3) is 1.39. The number of carbonyl (C=O) groups is 1. The van der Waals surface area contributed by atoms with Gasteiger partial charge in [-0.05, 0) is 24.7 Å². The van der Waals surface area contributed by atoms with Gasteiger partial charge in [0, 0.05) is 6.42 Å². The molecule has 1 fully saturated rings. The molecule has 2 aliphatic rings. The lowest BCUT2D eigenvalue weighted by atomic mass is 9.73.